The standard InChI is InChI=1S/C19H17ClN4O4/c1-12-9-15(7-8-16(12)20)28-19-17(24(25)26)18(22-11-23-19)21-10-13-3-5-14(27-2)6-4-13/h3-9,11H,10H2,1-2H3,(H,21,22,23). The van der Waals surface area contributed by atoms with Crippen molar-refractivity contribution < 1.29 is 14.4 Å². The zero-order valence-electron chi connectivity index (χ0n) is 15.2. The molecule has 1 heterocycles. The third-order valence-corrected chi connectivity index (χ3v) is 4.36. The van der Waals surface area contributed by atoms with Gasteiger partial charge in [0, 0.05) is 11.6 Å². The molecule has 8 nitrogen and oxygen atoms in total. The molecule has 0 spiro atoms. The Balaban J connectivity index is 1.84. The topological polar surface area (TPSA) is 99.4 Å². The van der Waals surface area contributed by atoms with Crippen molar-refractivity contribution in [1.82, 2.24) is 9.97 Å². The van der Waals surface area contributed by atoms with Crippen LogP contribution in [0.15, 0.2) is 48.8 Å². The first kappa shape index (κ1) is 19.4. The van der Waals surface area contributed by atoms with Crippen molar-refractivity contribution in [3.63, 3.8) is 0 Å². The van der Waals surface area contributed by atoms with Crippen molar-refractivity contribution in [2.24, 2.45) is 0 Å². The van der Waals surface area contributed by atoms with Crippen molar-refractivity contribution in [1.29, 1.82) is 0 Å². The second-order valence-corrected chi connectivity index (χ2v) is 6.26. The fourth-order valence-electron chi connectivity index (χ4n) is 2.45. The minimum atomic E-state index is -0.575. The van der Waals surface area contributed by atoms with Gasteiger partial charge in [-0.25, -0.2) is 4.98 Å². The van der Waals surface area contributed by atoms with E-state index >= 15 is 0 Å². The summed E-state index contributed by atoms with van der Waals surface area (Å²) in [4.78, 5) is 19.0. The van der Waals surface area contributed by atoms with Gasteiger partial charge in [-0.05, 0) is 48.4 Å². The van der Waals surface area contributed by atoms with Gasteiger partial charge < -0.3 is 14.8 Å². The Labute approximate surface area is 166 Å². The molecule has 9 heteroatoms. The lowest BCUT2D eigenvalue weighted by atomic mass is 10.2. The van der Waals surface area contributed by atoms with Crippen LogP contribution in [0.4, 0.5) is 11.5 Å². The van der Waals surface area contributed by atoms with E-state index in [1.165, 1.54) is 6.33 Å². The molecule has 3 rings (SSSR count). The van der Waals surface area contributed by atoms with Crippen LogP contribution in [-0.4, -0.2) is 22.0 Å². The van der Waals surface area contributed by atoms with E-state index in [2.05, 4.69) is 15.3 Å². The lowest BCUT2D eigenvalue weighted by molar-refractivity contribution is -0.385. The molecule has 0 aliphatic rings. The number of halogens is 1. The average molecular weight is 401 g/mol. The van der Waals surface area contributed by atoms with Crippen LogP contribution in [-0.2, 0) is 6.54 Å². The van der Waals surface area contributed by atoms with Crippen LogP contribution in [0, 0.1) is 17.0 Å². The first-order valence-electron chi connectivity index (χ1n) is 8.28. The van der Waals surface area contributed by atoms with Gasteiger partial charge in [-0.15, -0.1) is 0 Å². The second kappa shape index (κ2) is 8.53. The number of methoxy groups -OCH3 is 1. The Kier molecular flexibility index (Phi) is 5.90. The Morgan fingerprint density at radius 3 is 2.50 bits per heavy atom. The quantitative estimate of drug-likeness (QED) is 0.450. The number of nitro groups is 1. The van der Waals surface area contributed by atoms with E-state index in [1.807, 2.05) is 31.2 Å². The zero-order chi connectivity index (χ0) is 20.1. The predicted molar refractivity (Wildman–Crippen MR) is 105 cm³/mol. The number of aromatic nitrogens is 2. The molecule has 0 unspecified atom stereocenters. The van der Waals surface area contributed by atoms with Crippen molar-refractivity contribution in [2.75, 3.05) is 12.4 Å². The van der Waals surface area contributed by atoms with E-state index in [0.29, 0.717) is 17.3 Å². The fraction of sp³-hybridized carbons (Fsp3) is 0.158. The van der Waals surface area contributed by atoms with E-state index in [9.17, 15) is 10.1 Å². The summed E-state index contributed by atoms with van der Waals surface area (Å²) < 4.78 is 10.7. The van der Waals surface area contributed by atoms with Gasteiger partial charge in [0.1, 0.15) is 17.8 Å². The molecule has 0 fully saturated rings. The highest BCUT2D eigenvalue weighted by atomic mass is 35.5. The molecular weight excluding hydrogens is 384 g/mol. The van der Waals surface area contributed by atoms with Gasteiger partial charge in [0.2, 0.25) is 5.82 Å². The summed E-state index contributed by atoms with van der Waals surface area (Å²) in [5.74, 6) is 1.03. The Morgan fingerprint density at radius 1 is 1.14 bits per heavy atom. The summed E-state index contributed by atoms with van der Waals surface area (Å²) in [6.07, 6.45) is 1.21. The first-order valence-corrected chi connectivity index (χ1v) is 8.66. The summed E-state index contributed by atoms with van der Waals surface area (Å²) in [7, 11) is 1.58. The van der Waals surface area contributed by atoms with Gasteiger partial charge in [-0.1, -0.05) is 23.7 Å². The maximum atomic E-state index is 11.6. The second-order valence-electron chi connectivity index (χ2n) is 5.85. The van der Waals surface area contributed by atoms with Gasteiger partial charge in [0.25, 0.3) is 0 Å². The van der Waals surface area contributed by atoms with Crippen LogP contribution in [0.2, 0.25) is 5.02 Å². The summed E-state index contributed by atoms with van der Waals surface area (Å²) >= 11 is 6.00. The number of ether oxygens (including phenoxy) is 2. The molecule has 144 valence electrons. The summed E-state index contributed by atoms with van der Waals surface area (Å²) in [5.41, 5.74) is 1.35. The minimum Gasteiger partial charge on any atom is -0.497 e. The highest BCUT2D eigenvalue weighted by molar-refractivity contribution is 6.31. The molecule has 1 N–H and O–H groups in total. The summed E-state index contributed by atoms with van der Waals surface area (Å²) in [5, 5.41) is 15.2. The number of hydrogen-bond acceptors (Lipinski definition) is 7. The number of aryl methyl sites for hydroxylation is 1. The molecule has 0 saturated heterocycles. The molecule has 0 radical (unpaired) electrons. The molecule has 1 aromatic heterocycles. The lowest BCUT2D eigenvalue weighted by Crippen LogP contribution is -2.07. The minimum absolute atomic E-state index is 0.0662. The van der Waals surface area contributed by atoms with Crippen molar-refractivity contribution >= 4 is 23.1 Å². The number of nitrogens with one attached hydrogen (secondary N) is 1. The largest absolute Gasteiger partial charge is 0.497 e. The van der Waals surface area contributed by atoms with Gasteiger partial charge >= 0.3 is 11.6 Å². The van der Waals surface area contributed by atoms with Gasteiger partial charge in [0.05, 0.1) is 12.0 Å². The Bertz CT molecular complexity index is 996. The third kappa shape index (κ3) is 4.47. The van der Waals surface area contributed by atoms with E-state index < -0.39 is 4.92 Å². The van der Waals surface area contributed by atoms with Gasteiger partial charge in [-0.2, -0.15) is 4.98 Å². The van der Waals surface area contributed by atoms with E-state index in [4.69, 9.17) is 21.1 Å². The van der Waals surface area contributed by atoms with Crippen LogP contribution in [0.5, 0.6) is 17.4 Å². The normalized spacial score (nSPS) is 10.4. The molecule has 0 saturated carbocycles. The monoisotopic (exact) mass is 400 g/mol. The molecule has 0 atom stereocenters. The SMILES string of the molecule is COc1ccc(CNc2ncnc(Oc3ccc(Cl)c(C)c3)c2[N+](=O)[O-])cc1. The van der Waals surface area contributed by atoms with Crippen LogP contribution in [0.3, 0.4) is 0 Å². The zero-order valence-corrected chi connectivity index (χ0v) is 15.9. The average Bonchev–Trinajstić information content (AvgIpc) is 2.69. The maximum Gasteiger partial charge on any atom is 0.373 e. The molecule has 0 amide bonds. The third-order valence-electron chi connectivity index (χ3n) is 3.93. The Hall–Kier alpha value is -3.39. The summed E-state index contributed by atoms with van der Waals surface area (Å²) in [6, 6.07) is 12.3. The van der Waals surface area contributed by atoms with Crippen LogP contribution in [0.25, 0.3) is 0 Å². The van der Waals surface area contributed by atoms with E-state index in [-0.39, 0.29) is 17.4 Å². The molecule has 3 aromatic rings. The predicted octanol–water partition coefficient (Wildman–Crippen LogP) is 4.76. The number of hydrogen-bond donors (Lipinski definition) is 1. The van der Waals surface area contributed by atoms with Crippen LogP contribution < -0.4 is 14.8 Å². The number of anilines is 1. The van der Waals surface area contributed by atoms with Crippen LogP contribution >= 0.6 is 11.6 Å². The molecule has 2 aromatic carbocycles. The van der Waals surface area contributed by atoms with E-state index in [0.717, 1.165) is 16.9 Å². The van der Waals surface area contributed by atoms with Crippen LogP contribution in [0.1, 0.15) is 11.1 Å². The van der Waals surface area contributed by atoms with Gasteiger partial charge in [0.15, 0.2) is 0 Å². The van der Waals surface area contributed by atoms with Crippen molar-refractivity contribution in [3.8, 4) is 17.4 Å². The van der Waals surface area contributed by atoms with E-state index in [1.54, 1.807) is 25.3 Å². The number of benzene rings is 2. The fourth-order valence-corrected chi connectivity index (χ4v) is 2.57. The molecular formula is C19H17ClN4O4. The number of rotatable bonds is 7. The number of nitrogens with zero attached hydrogens (tertiary/aromatic N) is 3. The smallest absolute Gasteiger partial charge is 0.373 e. The molecule has 0 bridgehead atoms. The van der Waals surface area contributed by atoms with Crippen molar-refractivity contribution in [2.45, 2.75) is 13.5 Å². The van der Waals surface area contributed by atoms with Gasteiger partial charge in [-0.3, -0.25) is 10.1 Å². The first-order chi connectivity index (χ1) is 13.5. The highest BCUT2D eigenvalue weighted by Gasteiger charge is 2.25. The Morgan fingerprint density at radius 2 is 1.86 bits per heavy atom. The summed E-state index contributed by atoms with van der Waals surface area (Å²) in [6.45, 7) is 2.15. The van der Waals surface area contributed by atoms with Crippen molar-refractivity contribution in [3.05, 3.63) is 75.1 Å². The molecule has 0 aliphatic carbocycles. The molecule has 0 aliphatic heterocycles. The lowest BCUT2D eigenvalue weighted by Gasteiger charge is -2.10. The highest BCUT2D eigenvalue weighted by Crippen LogP contribution is 2.35. The molecule has 28 heavy (non-hydrogen) atoms. The maximum absolute atomic E-state index is 11.6.